The summed E-state index contributed by atoms with van der Waals surface area (Å²) >= 11 is 0. The van der Waals surface area contributed by atoms with E-state index in [4.69, 9.17) is 0 Å². The Kier molecular flexibility index (Phi) is 7.29. The molecule has 1 aromatic rings. The summed E-state index contributed by atoms with van der Waals surface area (Å²) in [6.07, 6.45) is 8.57. The van der Waals surface area contributed by atoms with Gasteiger partial charge in [-0.05, 0) is 43.9 Å². The van der Waals surface area contributed by atoms with Gasteiger partial charge < -0.3 is 15.5 Å². The van der Waals surface area contributed by atoms with Gasteiger partial charge in [-0.2, -0.15) is 0 Å². The lowest BCUT2D eigenvalue weighted by molar-refractivity contribution is -0.119. The number of fused-ring (bicyclic) bond motifs is 1. The predicted molar refractivity (Wildman–Crippen MR) is 115 cm³/mol. The normalized spacial score (nSPS) is 19.4. The van der Waals surface area contributed by atoms with Gasteiger partial charge >= 0.3 is 0 Å². The molecule has 0 radical (unpaired) electrons. The van der Waals surface area contributed by atoms with Crippen molar-refractivity contribution in [3.63, 3.8) is 0 Å². The molecule has 3 amide bonds. The van der Waals surface area contributed by atoms with Crippen LogP contribution in [0.25, 0.3) is 0 Å². The van der Waals surface area contributed by atoms with E-state index >= 15 is 0 Å². The molecular formula is C23H33N3O3. The molecule has 1 atom stereocenters. The zero-order valence-electron chi connectivity index (χ0n) is 17.6. The molecule has 6 nitrogen and oxygen atoms in total. The SMILES string of the molecule is CCCCNC(=O)c1ccc2c(c1)NC(=O)CC(C)N2C(=O)CCC1CCCC1. The number of benzene rings is 1. The highest BCUT2D eigenvalue weighted by atomic mass is 16.2. The number of rotatable bonds is 7. The Hall–Kier alpha value is -2.37. The van der Waals surface area contributed by atoms with Crippen molar-refractivity contribution < 1.29 is 14.4 Å². The Labute approximate surface area is 173 Å². The molecule has 1 heterocycles. The zero-order chi connectivity index (χ0) is 20.8. The van der Waals surface area contributed by atoms with E-state index in [1.54, 1.807) is 23.1 Å². The summed E-state index contributed by atoms with van der Waals surface area (Å²) in [4.78, 5) is 39.6. The molecule has 2 N–H and O–H groups in total. The summed E-state index contributed by atoms with van der Waals surface area (Å²) < 4.78 is 0. The first kappa shape index (κ1) is 21.3. The summed E-state index contributed by atoms with van der Waals surface area (Å²) in [6.45, 7) is 4.61. The van der Waals surface area contributed by atoms with Crippen molar-refractivity contribution in [1.82, 2.24) is 5.32 Å². The van der Waals surface area contributed by atoms with E-state index < -0.39 is 0 Å². The van der Waals surface area contributed by atoms with Crippen LogP contribution in [0.1, 0.15) is 82.0 Å². The molecule has 0 saturated heterocycles. The number of nitrogens with zero attached hydrogens (tertiary/aromatic N) is 1. The molecule has 0 aromatic heterocycles. The number of carbonyl (C=O) groups is 3. The molecule has 1 fully saturated rings. The van der Waals surface area contributed by atoms with Crippen LogP contribution in [0.5, 0.6) is 0 Å². The van der Waals surface area contributed by atoms with Gasteiger partial charge in [-0.15, -0.1) is 0 Å². The molecule has 1 aliphatic carbocycles. The first-order valence-electron chi connectivity index (χ1n) is 11.0. The Morgan fingerprint density at radius 3 is 2.72 bits per heavy atom. The van der Waals surface area contributed by atoms with Crippen molar-refractivity contribution in [2.24, 2.45) is 5.92 Å². The van der Waals surface area contributed by atoms with Crippen molar-refractivity contribution >= 4 is 29.1 Å². The monoisotopic (exact) mass is 399 g/mol. The maximum Gasteiger partial charge on any atom is 0.251 e. The van der Waals surface area contributed by atoms with E-state index in [0.29, 0.717) is 35.8 Å². The fourth-order valence-electron chi connectivity index (χ4n) is 4.39. The van der Waals surface area contributed by atoms with Crippen LogP contribution < -0.4 is 15.5 Å². The molecular weight excluding hydrogens is 366 g/mol. The first-order chi connectivity index (χ1) is 14.0. The van der Waals surface area contributed by atoms with Gasteiger partial charge in [0.05, 0.1) is 11.4 Å². The minimum atomic E-state index is -0.212. The lowest BCUT2D eigenvalue weighted by Crippen LogP contribution is -2.39. The van der Waals surface area contributed by atoms with E-state index in [0.717, 1.165) is 19.3 Å². The minimum Gasteiger partial charge on any atom is -0.352 e. The number of anilines is 2. The Balaban J connectivity index is 1.78. The fraction of sp³-hybridized carbons (Fsp3) is 0.609. The van der Waals surface area contributed by atoms with Crippen LogP contribution in [-0.4, -0.2) is 30.3 Å². The molecule has 3 rings (SSSR count). The number of nitrogens with one attached hydrogen (secondary N) is 2. The van der Waals surface area contributed by atoms with E-state index in [-0.39, 0.29) is 30.2 Å². The van der Waals surface area contributed by atoms with Crippen LogP contribution in [0.3, 0.4) is 0 Å². The van der Waals surface area contributed by atoms with E-state index in [2.05, 4.69) is 17.6 Å². The molecule has 1 aromatic carbocycles. The third-order valence-electron chi connectivity index (χ3n) is 6.04. The molecule has 1 saturated carbocycles. The van der Waals surface area contributed by atoms with Crippen molar-refractivity contribution in [1.29, 1.82) is 0 Å². The predicted octanol–water partition coefficient (Wildman–Crippen LogP) is 4.25. The van der Waals surface area contributed by atoms with Crippen molar-refractivity contribution in [2.45, 2.75) is 77.7 Å². The number of carbonyl (C=O) groups excluding carboxylic acids is 3. The quantitative estimate of drug-likeness (QED) is 0.673. The third kappa shape index (κ3) is 5.37. The van der Waals surface area contributed by atoms with E-state index in [1.165, 1.54) is 25.7 Å². The second kappa shape index (κ2) is 9.90. The van der Waals surface area contributed by atoms with Crippen LogP contribution in [0.2, 0.25) is 0 Å². The lowest BCUT2D eigenvalue weighted by atomic mass is 10.0. The van der Waals surface area contributed by atoms with Gasteiger partial charge in [0.15, 0.2) is 0 Å². The van der Waals surface area contributed by atoms with Crippen molar-refractivity contribution in [2.75, 3.05) is 16.8 Å². The molecule has 0 bridgehead atoms. The number of amides is 3. The highest BCUT2D eigenvalue weighted by Crippen LogP contribution is 2.34. The molecule has 1 unspecified atom stereocenters. The van der Waals surface area contributed by atoms with Gasteiger partial charge in [-0.3, -0.25) is 14.4 Å². The smallest absolute Gasteiger partial charge is 0.251 e. The van der Waals surface area contributed by atoms with Gasteiger partial charge in [0.2, 0.25) is 11.8 Å². The second-order valence-corrected chi connectivity index (χ2v) is 8.40. The average molecular weight is 400 g/mol. The van der Waals surface area contributed by atoms with Crippen LogP contribution in [0.4, 0.5) is 11.4 Å². The molecule has 2 aliphatic rings. The lowest BCUT2D eigenvalue weighted by Gasteiger charge is -2.28. The van der Waals surface area contributed by atoms with Gasteiger partial charge in [-0.1, -0.05) is 39.0 Å². The Morgan fingerprint density at radius 2 is 2.00 bits per heavy atom. The first-order valence-corrected chi connectivity index (χ1v) is 11.0. The topological polar surface area (TPSA) is 78.5 Å². The fourth-order valence-corrected chi connectivity index (χ4v) is 4.39. The molecule has 158 valence electrons. The van der Waals surface area contributed by atoms with E-state index in [1.807, 2.05) is 6.92 Å². The number of hydrogen-bond donors (Lipinski definition) is 2. The van der Waals surface area contributed by atoms with Crippen LogP contribution in [0, 0.1) is 5.92 Å². The zero-order valence-corrected chi connectivity index (χ0v) is 17.6. The molecule has 1 aliphatic heterocycles. The van der Waals surface area contributed by atoms with Gasteiger partial charge in [-0.25, -0.2) is 0 Å². The summed E-state index contributed by atoms with van der Waals surface area (Å²) in [6, 6.07) is 5.00. The van der Waals surface area contributed by atoms with E-state index in [9.17, 15) is 14.4 Å². The average Bonchev–Trinajstić information content (AvgIpc) is 3.17. The molecule has 0 spiro atoms. The Bertz CT molecular complexity index is 756. The van der Waals surface area contributed by atoms with Gasteiger partial charge in [0, 0.05) is 31.0 Å². The molecule has 6 heteroatoms. The second-order valence-electron chi connectivity index (χ2n) is 8.40. The Morgan fingerprint density at radius 1 is 1.24 bits per heavy atom. The van der Waals surface area contributed by atoms with Crippen molar-refractivity contribution in [3.8, 4) is 0 Å². The largest absolute Gasteiger partial charge is 0.352 e. The highest BCUT2D eigenvalue weighted by Gasteiger charge is 2.30. The standard InChI is InChI=1S/C23H33N3O3/c1-3-4-13-24-23(29)18-10-11-20-19(15-18)25-21(27)14-16(2)26(20)22(28)12-9-17-7-5-6-8-17/h10-11,15-17H,3-9,12-14H2,1-2H3,(H,24,29)(H,25,27). The van der Waals surface area contributed by atoms with Gasteiger partial charge in [0.1, 0.15) is 0 Å². The minimum absolute atomic E-state index is 0.0577. The van der Waals surface area contributed by atoms with Crippen LogP contribution in [-0.2, 0) is 9.59 Å². The third-order valence-corrected chi connectivity index (χ3v) is 6.04. The summed E-state index contributed by atoms with van der Waals surface area (Å²) in [5, 5.41) is 5.78. The van der Waals surface area contributed by atoms with Crippen LogP contribution >= 0.6 is 0 Å². The van der Waals surface area contributed by atoms with Crippen LogP contribution in [0.15, 0.2) is 18.2 Å². The van der Waals surface area contributed by atoms with Crippen molar-refractivity contribution in [3.05, 3.63) is 23.8 Å². The maximum absolute atomic E-state index is 13.1. The van der Waals surface area contributed by atoms with Gasteiger partial charge in [0.25, 0.3) is 5.91 Å². The summed E-state index contributed by atoms with van der Waals surface area (Å²) in [5.41, 5.74) is 1.72. The number of hydrogen-bond acceptors (Lipinski definition) is 3. The maximum atomic E-state index is 13.1. The highest BCUT2D eigenvalue weighted by molar-refractivity contribution is 6.06. The number of unbranched alkanes of at least 4 members (excludes halogenated alkanes) is 1. The summed E-state index contributed by atoms with van der Waals surface area (Å²) in [5.74, 6) is 0.414. The summed E-state index contributed by atoms with van der Waals surface area (Å²) in [7, 11) is 0. The molecule has 29 heavy (non-hydrogen) atoms.